The zero-order valence-corrected chi connectivity index (χ0v) is 18.9. The van der Waals surface area contributed by atoms with Gasteiger partial charge in [0.1, 0.15) is 5.54 Å². The summed E-state index contributed by atoms with van der Waals surface area (Å²) in [6, 6.07) is 8.72. The van der Waals surface area contributed by atoms with Crippen molar-refractivity contribution in [2.24, 2.45) is 11.8 Å². The third-order valence-corrected chi connectivity index (χ3v) is 7.58. The van der Waals surface area contributed by atoms with Gasteiger partial charge >= 0.3 is 0 Å². The molecule has 0 saturated carbocycles. The third-order valence-electron chi connectivity index (χ3n) is 7.26. The van der Waals surface area contributed by atoms with Crippen LogP contribution in [0.5, 0.6) is 11.5 Å². The number of anilines is 1. The number of aromatic hydroxyl groups is 2. The van der Waals surface area contributed by atoms with Crippen LogP contribution in [-0.4, -0.2) is 44.9 Å². The SMILES string of the molecule is CC[C@H](C)N1C(=O)[C@H]2[C@@H](C1=O)[C@@]1(N[C@@H]2Cc2ccc(O)c(O)c2)C(=O)Nc2c(Cl)cccc21. The summed E-state index contributed by atoms with van der Waals surface area (Å²) in [6.45, 7) is 3.73. The van der Waals surface area contributed by atoms with Crippen LogP contribution in [0.4, 0.5) is 5.69 Å². The Bertz CT molecular complexity index is 1200. The lowest BCUT2D eigenvalue weighted by atomic mass is 9.76. The van der Waals surface area contributed by atoms with E-state index >= 15 is 0 Å². The molecule has 4 N–H and O–H groups in total. The van der Waals surface area contributed by atoms with Crippen molar-refractivity contribution in [3.63, 3.8) is 0 Å². The Hall–Kier alpha value is -3.10. The fraction of sp³-hybridized carbons (Fsp3) is 0.375. The summed E-state index contributed by atoms with van der Waals surface area (Å²) in [5, 5.41) is 26.1. The molecule has 3 aliphatic heterocycles. The van der Waals surface area contributed by atoms with Gasteiger partial charge in [0.05, 0.1) is 22.5 Å². The van der Waals surface area contributed by atoms with E-state index in [2.05, 4.69) is 10.6 Å². The second-order valence-electron chi connectivity index (χ2n) is 9.01. The van der Waals surface area contributed by atoms with Crippen molar-refractivity contribution in [2.75, 3.05) is 5.32 Å². The summed E-state index contributed by atoms with van der Waals surface area (Å²) >= 11 is 6.35. The molecular weight excluding hydrogens is 446 g/mol. The predicted octanol–water partition coefficient (Wildman–Crippen LogP) is 2.51. The maximum absolute atomic E-state index is 13.7. The molecule has 2 saturated heterocycles. The molecule has 0 aliphatic carbocycles. The van der Waals surface area contributed by atoms with Crippen molar-refractivity contribution in [3.8, 4) is 11.5 Å². The van der Waals surface area contributed by atoms with E-state index in [1.54, 1.807) is 24.3 Å². The lowest BCUT2D eigenvalue weighted by molar-refractivity contribution is -0.145. The van der Waals surface area contributed by atoms with Gasteiger partial charge in [-0.05, 0) is 43.5 Å². The quantitative estimate of drug-likeness (QED) is 0.403. The molecule has 172 valence electrons. The van der Waals surface area contributed by atoms with E-state index in [9.17, 15) is 24.6 Å². The van der Waals surface area contributed by atoms with Crippen molar-refractivity contribution in [1.29, 1.82) is 0 Å². The Morgan fingerprint density at radius 3 is 2.58 bits per heavy atom. The van der Waals surface area contributed by atoms with Gasteiger partial charge in [-0.25, -0.2) is 0 Å². The number of amides is 3. The molecule has 0 aromatic heterocycles. The minimum atomic E-state index is -1.43. The van der Waals surface area contributed by atoms with Crippen LogP contribution in [0.15, 0.2) is 36.4 Å². The molecule has 9 heteroatoms. The highest BCUT2D eigenvalue weighted by Crippen LogP contribution is 2.54. The number of phenols is 2. The zero-order chi connectivity index (χ0) is 23.7. The maximum Gasteiger partial charge on any atom is 0.250 e. The lowest BCUT2D eigenvalue weighted by Crippen LogP contribution is -2.54. The van der Waals surface area contributed by atoms with Crippen molar-refractivity contribution < 1.29 is 24.6 Å². The highest BCUT2D eigenvalue weighted by atomic mass is 35.5. The fourth-order valence-corrected chi connectivity index (χ4v) is 5.78. The standard InChI is InChI=1S/C24H24ClN3O5/c1-3-11(2)28-21(31)18-15(9-12-7-8-16(29)17(30)10-12)27-24(19(18)22(28)32)13-5-4-6-14(25)20(13)26-23(24)33/h4-8,10-11,15,18-19,27,29-30H,3,9H2,1-2H3,(H,26,33)/t11-,15+,18+,19-,24+/m0/s1. The number of nitrogens with zero attached hydrogens (tertiary/aromatic N) is 1. The van der Waals surface area contributed by atoms with Crippen LogP contribution in [0.1, 0.15) is 31.4 Å². The van der Waals surface area contributed by atoms with Crippen LogP contribution in [-0.2, 0) is 26.3 Å². The van der Waals surface area contributed by atoms with E-state index < -0.39 is 29.3 Å². The van der Waals surface area contributed by atoms with E-state index in [0.29, 0.717) is 28.3 Å². The average Bonchev–Trinajstić information content (AvgIpc) is 3.36. The van der Waals surface area contributed by atoms with Gasteiger partial charge in [0.2, 0.25) is 17.7 Å². The smallest absolute Gasteiger partial charge is 0.250 e. The number of fused-ring (bicyclic) bond motifs is 4. The molecule has 0 bridgehead atoms. The van der Waals surface area contributed by atoms with Gasteiger partial charge in [-0.1, -0.05) is 36.7 Å². The van der Waals surface area contributed by atoms with Crippen LogP contribution in [0.25, 0.3) is 0 Å². The molecule has 5 atom stereocenters. The first kappa shape index (κ1) is 21.7. The van der Waals surface area contributed by atoms with Crippen molar-refractivity contribution in [2.45, 2.75) is 44.3 Å². The Balaban J connectivity index is 1.64. The number of hydrogen-bond donors (Lipinski definition) is 4. The average molecular weight is 470 g/mol. The van der Waals surface area contributed by atoms with E-state index in [1.807, 2.05) is 13.8 Å². The summed E-state index contributed by atoms with van der Waals surface area (Å²) in [5.41, 5.74) is 0.230. The van der Waals surface area contributed by atoms with Gasteiger partial charge in [0.25, 0.3) is 0 Å². The maximum atomic E-state index is 13.7. The largest absolute Gasteiger partial charge is 0.504 e. The van der Waals surface area contributed by atoms with Crippen molar-refractivity contribution >= 4 is 35.0 Å². The van der Waals surface area contributed by atoms with Gasteiger partial charge in [0.15, 0.2) is 11.5 Å². The molecule has 33 heavy (non-hydrogen) atoms. The number of nitrogens with one attached hydrogen (secondary N) is 2. The van der Waals surface area contributed by atoms with Crippen LogP contribution >= 0.6 is 11.6 Å². The van der Waals surface area contributed by atoms with Gasteiger partial charge < -0.3 is 15.5 Å². The number of halogens is 1. The highest BCUT2D eigenvalue weighted by Gasteiger charge is 2.70. The van der Waals surface area contributed by atoms with Gasteiger partial charge in [-0.2, -0.15) is 0 Å². The summed E-state index contributed by atoms with van der Waals surface area (Å²) in [4.78, 5) is 42.0. The first-order valence-electron chi connectivity index (χ1n) is 11.0. The molecule has 0 radical (unpaired) electrons. The second-order valence-corrected chi connectivity index (χ2v) is 9.42. The monoisotopic (exact) mass is 469 g/mol. The predicted molar refractivity (Wildman–Crippen MR) is 121 cm³/mol. The molecular formula is C24H24ClN3O5. The van der Waals surface area contributed by atoms with Crippen LogP contribution < -0.4 is 10.6 Å². The molecule has 8 nitrogen and oxygen atoms in total. The summed E-state index contributed by atoms with van der Waals surface area (Å²) in [5.74, 6) is -3.30. The molecule has 2 fully saturated rings. The number of carbonyl (C=O) groups is 3. The Labute approximate surface area is 195 Å². The van der Waals surface area contributed by atoms with Crippen molar-refractivity contribution in [1.82, 2.24) is 10.2 Å². The minimum absolute atomic E-state index is 0.249. The number of phenolic OH excluding ortho intramolecular Hbond substituents is 2. The van der Waals surface area contributed by atoms with Crippen LogP contribution in [0.3, 0.4) is 0 Å². The number of benzene rings is 2. The molecule has 5 rings (SSSR count). The number of rotatable bonds is 4. The van der Waals surface area contributed by atoms with E-state index in [4.69, 9.17) is 11.6 Å². The number of hydrogen-bond acceptors (Lipinski definition) is 6. The molecule has 1 spiro atoms. The van der Waals surface area contributed by atoms with Crippen LogP contribution in [0.2, 0.25) is 5.02 Å². The van der Waals surface area contributed by atoms with E-state index in [-0.39, 0.29) is 35.8 Å². The second kappa shape index (κ2) is 7.46. The number of imide groups is 1. The first-order chi connectivity index (χ1) is 15.7. The number of carbonyl (C=O) groups excluding carboxylic acids is 3. The molecule has 2 aromatic carbocycles. The number of para-hydroxylation sites is 1. The van der Waals surface area contributed by atoms with E-state index in [1.165, 1.54) is 17.0 Å². The Kier molecular flexibility index (Phi) is 4.91. The molecule has 2 aromatic rings. The Morgan fingerprint density at radius 2 is 1.88 bits per heavy atom. The first-order valence-corrected chi connectivity index (χ1v) is 11.3. The molecule has 3 aliphatic rings. The van der Waals surface area contributed by atoms with E-state index in [0.717, 1.165) is 0 Å². The summed E-state index contributed by atoms with van der Waals surface area (Å²) in [6.07, 6.45) is 0.871. The molecule has 3 amide bonds. The third kappa shape index (κ3) is 2.90. The fourth-order valence-electron chi connectivity index (χ4n) is 5.56. The zero-order valence-electron chi connectivity index (χ0n) is 18.1. The van der Waals surface area contributed by atoms with Gasteiger partial charge in [0, 0.05) is 17.6 Å². The number of likely N-dealkylation sites (tertiary alicyclic amines) is 1. The lowest BCUT2D eigenvalue weighted by Gasteiger charge is -2.31. The van der Waals surface area contributed by atoms with Gasteiger partial charge in [-0.3, -0.25) is 24.6 Å². The molecule has 0 unspecified atom stereocenters. The molecule has 3 heterocycles. The minimum Gasteiger partial charge on any atom is -0.504 e. The highest BCUT2D eigenvalue weighted by molar-refractivity contribution is 6.35. The summed E-state index contributed by atoms with van der Waals surface area (Å²) in [7, 11) is 0. The van der Waals surface area contributed by atoms with Crippen LogP contribution in [0, 0.1) is 11.8 Å². The topological polar surface area (TPSA) is 119 Å². The van der Waals surface area contributed by atoms with Gasteiger partial charge in [-0.15, -0.1) is 0 Å². The van der Waals surface area contributed by atoms with Crippen molar-refractivity contribution in [3.05, 3.63) is 52.5 Å². The normalized spacial score (nSPS) is 28.9. The summed E-state index contributed by atoms with van der Waals surface area (Å²) < 4.78 is 0. The Morgan fingerprint density at radius 1 is 1.12 bits per heavy atom.